The van der Waals surface area contributed by atoms with Gasteiger partial charge in [0.05, 0.1) is 11.7 Å². The maximum Gasteiger partial charge on any atom is 0.293 e. The van der Waals surface area contributed by atoms with Gasteiger partial charge in [0, 0.05) is 38.3 Å². The second-order valence-electron chi connectivity index (χ2n) is 8.74. The number of anilines is 3. The largest absolute Gasteiger partial charge is 0.478 e. The Morgan fingerprint density at radius 3 is 2.89 bits per heavy atom. The van der Waals surface area contributed by atoms with E-state index in [1.54, 1.807) is 19.3 Å². The molecule has 1 fully saturated rings. The molecule has 0 radical (unpaired) electrons. The normalized spacial score (nSPS) is 17.0. The van der Waals surface area contributed by atoms with Crippen molar-refractivity contribution in [1.29, 1.82) is 0 Å². The van der Waals surface area contributed by atoms with Gasteiger partial charge in [-0.2, -0.15) is 4.98 Å². The fourth-order valence-electron chi connectivity index (χ4n) is 4.21. The van der Waals surface area contributed by atoms with Gasteiger partial charge in [-0.25, -0.2) is 4.98 Å². The van der Waals surface area contributed by atoms with Crippen molar-refractivity contribution in [1.82, 2.24) is 19.9 Å². The van der Waals surface area contributed by atoms with Gasteiger partial charge in [0.15, 0.2) is 18.2 Å². The Morgan fingerprint density at radius 1 is 1.34 bits per heavy atom. The summed E-state index contributed by atoms with van der Waals surface area (Å²) >= 11 is 6.42. The van der Waals surface area contributed by atoms with Gasteiger partial charge in [0.2, 0.25) is 5.95 Å². The van der Waals surface area contributed by atoms with E-state index >= 15 is 0 Å². The molecule has 1 saturated heterocycles. The number of nitrogens with one attached hydrogen (secondary N) is 2. The summed E-state index contributed by atoms with van der Waals surface area (Å²) in [6.07, 6.45) is 4.85. The van der Waals surface area contributed by atoms with Crippen LogP contribution >= 0.6 is 11.6 Å². The first kappa shape index (κ1) is 24.5. The Labute approximate surface area is 208 Å². The Balaban J connectivity index is 1.63. The fourth-order valence-corrected chi connectivity index (χ4v) is 4.35. The summed E-state index contributed by atoms with van der Waals surface area (Å²) in [7, 11) is 3.17. The molecule has 1 atom stereocenters. The van der Waals surface area contributed by atoms with Crippen molar-refractivity contribution in [2.24, 2.45) is 13.0 Å². The van der Waals surface area contributed by atoms with Crippen LogP contribution < -0.4 is 25.8 Å². The zero-order valence-corrected chi connectivity index (χ0v) is 21.0. The highest BCUT2D eigenvalue weighted by molar-refractivity contribution is 6.32. The first-order valence-electron chi connectivity index (χ1n) is 11.4. The molecule has 1 aliphatic rings. The molecule has 0 spiro atoms. The summed E-state index contributed by atoms with van der Waals surface area (Å²) in [5.74, 6) is 1.41. The van der Waals surface area contributed by atoms with E-state index in [4.69, 9.17) is 21.3 Å². The fraction of sp³-hybridized carbons (Fsp3) is 0.360. The van der Waals surface area contributed by atoms with Gasteiger partial charge in [0.25, 0.3) is 11.5 Å². The molecule has 3 aromatic rings. The predicted molar refractivity (Wildman–Crippen MR) is 139 cm³/mol. The van der Waals surface area contributed by atoms with Crippen LogP contribution in [0.3, 0.4) is 0 Å². The smallest absolute Gasteiger partial charge is 0.293 e. The predicted octanol–water partition coefficient (Wildman–Crippen LogP) is 3.64. The third kappa shape index (κ3) is 5.40. The number of aromatic nitrogens is 3. The van der Waals surface area contributed by atoms with E-state index < -0.39 is 0 Å². The lowest BCUT2D eigenvalue weighted by Gasteiger charge is -2.33. The van der Waals surface area contributed by atoms with E-state index in [9.17, 15) is 9.59 Å². The number of pyridine rings is 1. The lowest BCUT2D eigenvalue weighted by Crippen LogP contribution is -2.37. The number of carbonyl (C=O) groups is 1. The second-order valence-corrected chi connectivity index (χ2v) is 9.14. The minimum atomic E-state index is -0.318. The molecule has 0 aliphatic carbocycles. The number of aryl methyl sites for hydroxylation is 1. The number of allylic oxidation sites excluding steroid dienone is 1. The Bertz CT molecular complexity index is 1350. The topological polar surface area (TPSA) is 101 Å². The van der Waals surface area contributed by atoms with E-state index in [0.717, 1.165) is 36.1 Å². The molecule has 1 aromatic carbocycles. The van der Waals surface area contributed by atoms with E-state index in [2.05, 4.69) is 40.4 Å². The highest BCUT2D eigenvalue weighted by Gasteiger charge is 2.22. The van der Waals surface area contributed by atoms with Crippen molar-refractivity contribution in [2.45, 2.75) is 20.3 Å². The van der Waals surface area contributed by atoms with Gasteiger partial charge in [-0.05, 0) is 43.5 Å². The van der Waals surface area contributed by atoms with Crippen LogP contribution in [0.15, 0.2) is 46.9 Å². The van der Waals surface area contributed by atoms with Crippen LogP contribution in [0.25, 0.3) is 10.9 Å². The third-order valence-electron chi connectivity index (χ3n) is 6.05. The molecule has 0 saturated carbocycles. The van der Waals surface area contributed by atoms with Crippen LogP contribution in [-0.4, -0.2) is 47.2 Å². The molecule has 9 nitrogen and oxygen atoms in total. The molecule has 0 unspecified atom stereocenters. The SMILES string of the molecule is C/C=C1\C[C@@H](C)CN(c2ncc(Cl)c(Nc3ccc4c(c3)cc(OCC(=O)NC)c(=O)n4C)n2)C1. The molecule has 1 aliphatic heterocycles. The molecule has 2 N–H and O–H groups in total. The zero-order chi connectivity index (χ0) is 25.1. The summed E-state index contributed by atoms with van der Waals surface area (Å²) < 4.78 is 6.94. The van der Waals surface area contributed by atoms with Gasteiger partial charge < -0.3 is 24.8 Å². The van der Waals surface area contributed by atoms with E-state index in [0.29, 0.717) is 22.7 Å². The monoisotopic (exact) mass is 496 g/mol. The molecular formula is C25H29ClN6O3. The lowest BCUT2D eigenvalue weighted by atomic mass is 9.96. The Hall–Kier alpha value is -3.59. The number of rotatable bonds is 6. The molecule has 0 bridgehead atoms. The lowest BCUT2D eigenvalue weighted by molar-refractivity contribution is -0.122. The number of piperidine rings is 1. The van der Waals surface area contributed by atoms with E-state index in [1.807, 2.05) is 18.2 Å². The number of fused-ring (bicyclic) bond motifs is 1. The molecule has 1 amide bonds. The van der Waals surface area contributed by atoms with Crippen LogP contribution in [-0.2, 0) is 11.8 Å². The van der Waals surface area contributed by atoms with Crippen LogP contribution in [0, 0.1) is 5.92 Å². The third-order valence-corrected chi connectivity index (χ3v) is 6.33. The standard InChI is InChI=1S/C25H29ClN6O3/c1-5-16-8-15(2)12-32(13-16)25-28-11-19(26)23(30-25)29-18-6-7-20-17(9-18)10-21(24(34)31(20)4)35-14-22(33)27-3/h5-7,9-11,15H,8,12-14H2,1-4H3,(H,27,33)(H,28,29,30)/b16-5+/t15-/m1/s1. The van der Waals surface area contributed by atoms with Crippen molar-refractivity contribution in [3.8, 4) is 5.75 Å². The molecule has 35 heavy (non-hydrogen) atoms. The maximum absolute atomic E-state index is 12.6. The summed E-state index contributed by atoms with van der Waals surface area (Å²) in [6.45, 7) is 5.72. The molecule has 3 heterocycles. The summed E-state index contributed by atoms with van der Waals surface area (Å²) in [4.78, 5) is 35.5. The Kier molecular flexibility index (Phi) is 7.25. The first-order valence-corrected chi connectivity index (χ1v) is 11.8. The van der Waals surface area contributed by atoms with Crippen molar-refractivity contribution in [3.63, 3.8) is 0 Å². The number of carbonyl (C=O) groups excluding carboxylic acids is 1. The highest BCUT2D eigenvalue weighted by atomic mass is 35.5. The van der Waals surface area contributed by atoms with Gasteiger partial charge in [-0.3, -0.25) is 9.59 Å². The van der Waals surface area contributed by atoms with Crippen molar-refractivity contribution in [2.75, 3.05) is 37.0 Å². The van der Waals surface area contributed by atoms with Crippen molar-refractivity contribution >= 4 is 45.9 Å². The number of amides is 1. The minimum Gasteiger partial charge on any atom is -0.478 e. The van der Waals surface area contributed by atoms with Crippen LogP contribution in [0.1, 0.15) is 20.3 Å². The number of halogens is 1. The quantitative estimate of drug-likeness (QED) is 0.502. The minimum absolute atomic E-state index is 0.0992. The summed E-state index contributed by atoms with van der Waals surface area (Å²) in [6, 6.07) is 7.20. The van der Waals surface area contributed by atoms with Crippen LogP contribution in [0.2, 0.25) is 5.02 Å². The summed E-state index contributed by atoms with van der Waals surface area (Å²) in [5, 5.41) is 6.91. The van der Waals surface area contributed by atoms with Gasteiger partial charge in [-0.1, -0.05) is 30.2 Å². The molecular weight excluding hydrogens is 468 g/mol. The van der Waals surface area contributed by atoms with E-state index in [1.165, 1.54) is 17.2 Å². The van der Waals surface area contributed by atoms with Crippen LogP contribution in [0.5, 0.6) is 5.75 Å². The number of likely N-dealkylation sites (N-methyl/N-ethyl adjacent to an activating group) is 1. The molecule has 10 heteroatoms. The Morgan fingerprint density at radius 2 is 2.14 bits per heavy atom. The number of ether oxygens (including phenoxy) is 1. The average molecular weight is 497 g/mol. The zero-order valence-electron chi connectivity index (χ0n) is 20.3. The number of nitrogens with zero attached hydrogens (tertiary/aromatic N) is 4. The molecule has 2 aromatic heterocycles. The maximum atomic E-state index is 12.6. The molecule has 4 rings (SSSR count). The van der Waals surface area contributed by atoms with Gasteiger partial charge in [0.1, 0.15) is 5.02 Å². The van der Waals surface area contributed by atoms with Crippen LogP contribution in [0.4, 0.5) is 17.5 Å². The van der Waals surface area contributed by atoms with Crippen molar-refractivity contribution < 1.29 is 9.53 Å². The van der Waals surface area contributed by atoms with Gasteiger partial charge >= 0.3 is 0 Å². The number of benzene rings is 1. The second kappa shape index (κ2) is 10.4. The number of hydrogen-bond acceptors (Lipinski definition) is 7. The number of hydrogen-bond donors (Lipinski definition) is 2. The van der Waals surface area contributed by atoms with E-state index in [-0.39, 0.29) is 23.8 Å². The van der Waals surface area contributed by atoms with Crippen molar-refractivity contribution in [3.05, 3.63) is 57.5 Å². The average Bonchev–Trinajstić information content (AvgIpc) is 2.85. The first-order chi connectivity index (χ1) is 16.8. The van der Waals surface area contributed by atoms with Gasteiger partial charge in [-0.15, -0.1) is 0 Å². The highest BCUT2D eigenvalue weighted by Crippen LogP contribution is 2.29. The summed E-state index contributed by atoms with van der Waals surface area (Å²) in [5.41, 5.74) is 2.51. The molecule has 184 valence electrons.